The Labute approximate surface area is 121 Å². The number of carbonyl (C=O) groups is 1. The first-order valence-corrected chi connectivity index (χ1v) is 6.46. The highest BCUT2D eigenvalue weighted by atomic mass is 19.1. The van der Waals surface area contributed by atoms with Gasteiger partial charge in [0, 0.05) is 0 Å². The van der Waals surface area contributed by atoms with Crippen molar-refractivity contribution in [1.82, 2.24) is 0 Å². The molecule has 108 valence electrons. The van der Waals surface area contributed by atoms with E-state index >= 15 is 0 Å². The Morgan fingerprint density at radius 1 is 1.05 bits per heavy atom. The molecule has 0 amide bonds. The number of carbonyl (C=O) groups excluding carboxylic acids is 1. The fourth-order valence-corrected chi connectivity index (χ4v) is 2.21. The number of halogens is 1. The summed E-state index contributed by atoms with van der Waals surface area (Å²) in [7, 11) is 1.26. The van der Waals surface area contributed by atoms with Gasteiger partial charge in [0.25, 0.3) is 0 Å². The smallest absolute Gasteiger partial charge is 0.337 e. The van der Waals surface area contributed by atoms with Crippen LogP contribution in [-0.2, 0) is 4.74 Å². The normalized spacial score (nSPS) is 12.9. The van der Waals surface area contributed by atoms with E-state index in [0.717, 1.165) is 11.6 Å². The second-order valence-electron chi connectivity index (χ2n) is 4.58. The van der Waals surface area contributed by atoms with Gasteiger partial charge in [-0.2, -0.15) is 0 Å². The minimum Gasteiger partial charge on any atom is -0.486 e. The molecule has 0 saturated heterocycles. The number of ether oxygens (including phenoxy) is 3. The van der Waals surface area contributed by atoms with Crippen LogP contribution in [-0.4, -0.2) is 26.3 Å². The van der Waals surface area contributed by atoms with Crippen molar-refractivity contribution in [2.24, 2.45) is 0 Å². The van der Waals surface area contributed by atoms with Crippen LogP contribution in [0.1, 0.15) is 10.4 Å². The van der Waals surface area contributed by atoms with Crippen molar-refractivity contribution in [3.8, 4) is 22.6 Å². The first kappa shape index (κ1) is 13.4. The quantitative estimate of drug-likeness (QED) is 0.797. The van der Waals surface area contributed by atoms with E-state index in [1.54, 1.807) is 24.3 Å². The van der Waals surface area contributed by atoms with E-state index in [4.69, 9.17) is 9.47 Å². The molecule has 0 aromatic heterocycles. The van der Waals surface area contributed by atoms with Crippen molar-refractivity contribution >= 4 is 5.97 Å². The first-order chi connectivity index (χ1) is 10.2. The lowest BCUT2D eigenvalue weighted by atomic mass is 10.0. The fraction of sp³-hybridized carbons (Fsp3) is 0.188. The molecule has 0 atom stereocenters. The fourth-order valence-electron chi connectivity index (χ4n) is 2.21. The van der Waals surface area contributed by atoms with E-state index in [2.05, 4.69) is 4.74 Å². The number of rotatable bonds is 2. The van der Waals surface area contributed by atoms with Crippen molar-refractivity contribution in [2.75, 3.05) is 20.3 Å². The van der Waals surface area contributed by atoms with Gasteiger partial charge in [-0.15, -0.1) is 0 Å². The lowest BCUT2D eigenvalue weighted by Crippen LogP contribution is -2.15. The predicted molar refractivity (Wildman–Crippen MR) is 74.2 cm³/mol. The van der Waals surface area contributed by atoms with Crippen LogP contribution in [0.25, 0.3) is 11.1 Å². The van der Waals surface area contributed by atoms with Gasteiger partial charge in [-0.1, -0.05) is 6.07 Å². The minimum atomic E-state index is -0.576. The maximum Gasteiger partial charge on any atom is 0.337 e. The van der Waals surface area contributed by atoms with E-state index in [1.807, 2.05) is 0 Å². The molecule has 5 heteroatoms. The summed E-state index contributed by atoms with van der Waals surface area (Å²) in [5, 5.41) is 0. The molecule has 0 fully saturated rings. The van der Waals surface area contributed by atoms with Gasteiger partial charge in [-0.05, 0) is 41.5 Å². The van der Waals surface area contributed by atoms with E-state index in [-0.39, 0.29) is 5.56 Å². The van der Waals surface area contributed by atoms with Crippen molar-refractivity contribution < 1.29 is 23.4 Å². The molecule has 0 bridgehead atoms. The monoisotopic (exact) mass is 288 g/mol. The predicted octanol–water partition coefficient (Wildman–Crippen LogP) is 3.05. The van der Waals surface area contributed by atoms with E-state index in [9.17, 15) is 9.18 Å². The van der Waals surface area contributed by atoms with Gasteiger partial charge >= 0.3 is 5.97 Å². The molecule has 0 spiro atoms. The Morgan fingerprint density at radius 2 is 1.81 bits per heavy atom. The number of fused-ring (bicyclic) bond motifs is 1. The van der Waals surface area contributed by atoms with Gasteiger partial charge in [0.2, 0.25) is 0 Å². The molecule has 21 heavy (non-hydrogen) atoms. The van der Waals surface area contributed by atoms with Crippen LogP contribution in [0.15, 0.2) is 36.4 Å². The maximum atomic E-state index is 13.7. The van der Waals surface area contributed by atoms with Crippen LogP contribution < -0.4 is 9.47 Å². The molecule has 2 aromatic carbocycles. The zero-order valence-corrected chi connectivity index (χ0v) is 11.4. The summed E-state index contributed by atoms with van der Waals surface area (Å²) in [5.41, 5.74) is 1.48. The number of esters is 1. The van der Waals surface area contributed by atoms with Crippen LogP contribution in [0.4, 0.5) is 4.39 Å². The topological polar surface area (TPSA) is 44.8 Å². The highest BCUT2D eigenvalue weighted by Crippen LogP contribution is 2.35. The van der Waals surface area contributed by atoms with Gasteiger partial charge < -0.3 is 14.2 Å². The zero-order chi connectivity index (χ0) is 14.8. The standard InChI is InChI=1S/C16H13FO4/c1-19-16(18)12-6-11(7-13(17)8-12)10-2-3-14-15(9-10)21-5-4-20-14/h2-3,6-9H,4-5H2,1H3. The Bertz CT molecular complexity index is 697. The Kier molecular flexibility index (Phi) is 3.48. The van der Waals surface area contributed by atoms with E-state index < -0.39 is 11.8 Å². The summed E-state index contributed by atoms with van der Waals surface area (Å²) in [5.74, 6) is 0.202. The van der Waals surface area contributed by atoms with Gasteiger partial charge in [-0.3, -0.25) is 0 Å². The van der Waals surface area contributed by atoms with Crippen molar-refractivity contribution in [1.29, 1.82) is 0 Å². The van der Waals surface area contributed by atoms with Gasteiger partial charge in [0.15, 0.2) is 11.5 Å². The Hall–Kier alpha value is -2.56. The second-order valence-corrected chi connectivity index (χ2v) is 4.58. The summed E-state index contributed by atoms with van der Waals surface area (Å²) in [6.45, 7) is 0.992. The SMILES string of the molecule is COC(=O)c1cc(F)cc(-c2ccc3c(c2)OCCO3)c1. The van der Waals surface area contributed by atoms with Gasteiger partial charge in [-0.25, -0.2) is 9.18 Å². The number of hydrogen-bond donors (Lipinski definition) is 0. The molecule has 1 aliphatic heterocycles. The molecule has 0 N–H and O–H groups in total. The lowest BCUT2D eigenvalue weighted by molar-refractivity contribution is 0.0600. The molecule has 0 unspecified atom stereocenters. The lowest BCUT2D eigenvalue weighted by Gasteiger charge is -2.19. The molecule has 1 heterocycles. The number of benzene rings is 2. The van der Waals surface area contributed by atoms with Gasteiger partial charge in [0.05, 0.1) is 12.7 Å². The number of methoxy groups -OCH3 is 1. The molecule has 4 nitrogen and oxygen atoms in total. The molecule has 0 saturated carbocycles. The molecule has 1 aliphatic rings. The Balaban J connectivity index is 2.03. The second kappa shape index (κ2) is 5.44. The summed E-state index contributed by atoms with van der Waals surface area (Å²) in [4.78, 5) is 11.5. The average Bonchev–Trinajstić information content (AvgIpc) is 2.53. The van der Waals surface area contributed by atoms with Crippen LogP contribution in [0.5, 0.6) is 11.5 Å². The summed E-state index contributed by atoms with van der Waals surface area (Å²) < 4.78 is 29.3. The third kappa shape index (κ3) is 2.67. The summed E-state index contributed by atoms with van der Waals surface area (Å²) >= 11 is 0. The Morgan fingerprint density at radius 3 is 2.57 bits per heavy atom. The summed E-state index contributed by atoms with van der Waals surface area (Å²) in [6, 6.07) is 9.42. The molecule has 3 rings (SSSR count). The average molecular weight is 288 g/mol. The maximum absolute atomic E-state index is 13.7. The number of hydrogen-bond acceptors (Lipinski definition) is 4. The van der Waals surface area contributed by atoms with E-state index in [0.29, 0.717) is 30.3 Å². The van der Waals surface area contributed by atoms with E-state index in [1.165, 1.54) is 13.2 Å². The van der Waals surface area contributed by atoms with Crippen molar-refractivity contribution in [3.63, 3.8) is 0 Å². The highest BCUT2D eigenvalue weighted by molar-refractivity contribution is 5.91. The van der Waals surface area contributed by atoms with Crippen molar-refractivity contribution in [3.05, 3.63) is 47.8 Å². The van der Waals surface area contributed by atoms with Crippen molar-refractivity contribution in [2.45, 2.75) is 0 Å². The minimum absolute atomic E-state index is 0.169. The third-order valence-electron chi connectivity index (χ3n) is 3.19. The molecular weight excluding hydrogens is 275 g/mol. The highest BCUT2D eigenvalue weighted by Gasteiger charge is 2.14. The van der Waals surface area contributed by atoms with Gasteiger partial charge in [0.1, 0.15) is 19.0 Å². The molecule has 2 aromatic rings. The third-order valence-corrected chi connectivity index (χ3v) is 3.19. The first-order valence-electron chi connectivity index (χ1n) is 6.46. The largest absolute Gasteiger partial charge is 0.486 e. The summed E-state index contributed by atoms with van der Waals surface area (Å²) in [6.07, 6.45) is 0. The van der Waals surface area contributed by atoms with Crippen LogP contribution >= 0.6 is 0 Å². The van der Waals surface area contributed by atoms with Crippen LogP contribution in [0, 0.1) is 5.82 Å². The molecule has 0 aliphatic carbocycles. The van der Waals surface area contributed by atoms with Crippen LogP contribution in [0.2, 0.25) is 0 Å². The molecule has 0 radical (unpaired) electrons. The molecular formula is C16H13FO4. The van der Waals surface area contributed by atoms with Crippen LogP contribution in [0.3, 0.4) is 0 Å². The zero-order valence-electron chi connectivity index (χ0n) is 11.4.